The van der Waals surface area contributed by atoms with Gasteiger partial charge in [0.1, 0.15) is 12.6 Å². The summed E-state index contributed by atoms with van der Waals surface area (Å²) in [6.07, 6.45) is -2.74. The molecular weight excluding hydrogens is 350 g/mol. The van der Waals surface area contributed by atoms with Crippen LogP contribution in [0.1, 0.15) is 18.9 Å². The quantitative estimate of drug-likeness (QED) is 0.744. The minimum absolute atomic E-state index is 0.0564. The van der Waals surface area contributed by atoms with Gasteiger partial charge in [-0.1, -0.05) is 12.1 Å². The predicted octanol–water partition coefficient (Wildman–Crippen LogP) is 0.194. The molecule has 0 saturated carbocycles. The molecule has 0 spiro atoms. The van der Waals surface area contributed by atoms with Gasteiger partial charge in [-0.25, -0.2) is 18.8 Å². The first-order chi connectivity index (χ1) is 12.3. The van der Waals surface area contributed by atoms with E-state index in [2.05, 4.69) is 5.32 Å². The third-order valence-electron chi connectivity index (χ3n) is 3.69. The van der Waals surface area contributed by atoms with Crippen LogP contribution in [-0.4, -0.2) is 55.1 Å². The summed E-state index contributed by atoms with van der Waals surface area (Å²) < 4.78 is 31.1. The van der Waals surface area contributed by atoms with Crippen LogP contribution in [0.3, 0.4) is 0 Å². The minimum atomic E-state index is -2.74. The largest absolute Gasteiger partial charge is 0.370 e. The summed E-state index contributed by atoms with van der Waals surface area (Å²) in [5.41, 5.74) is 5.34. The molecule has 1 heterocycles. The van der Waals surface area contributed by atoms with E-state index >= 15 is 0 Å². The number of nitrogens with one attached hydrogen (secondary N) is 1. The molecule has 0 aliphatic carbocycles. The van der Waals surface area contributed by atoms with Crippen molar-refractivity contribution in [3.8, 4) is 0 Å². The van der Waals surface area contributed by atoms with Crippen molar-refractivity contribution in [3.63, 3.8) is 0 Å². The van der Waals surface area contributed by atoms with Crippen molar-refractivity contribution in [2.24, 2.45) is 5.73 Å². The van der Waals surface area contributed by atoms with Gasteiger partial charge in [-0.3, -0.25) is 14.4 Å². The maximum absolute atomic E-state index is 13.0. The molecule has 2 rings (SSSR count). The number of morpholine rings is 1. The third-order valence-corrected chi connectivity index (χ3v) is 3.69. The van der Waals surface area contributed by atoms with Crippen LogP contribution in [0, 0.1) is 0 Å². The Morgan fingerprint density at radius 2 is 2.15 bits per heavy atom. The lowest BCUT2D eigenvalue weighted by molar-refractivity contribution is -0.147. The average Bonchev–Trinajstić information content (AvgIpc) is 2.61. The van der Waals surface area contributed by atoms with Crippen molar-refractivity contribution >= 4 is 23.4 Å². The van der Waals surface area contributed by atoms with E-state index in [0.29, 0.717) is 0 Å². The summed E-state index contributed by atoms with van der Waals surface area (Å²) in [4.78, 5) is 36.5. The first-order valence-corrected chi connectivity index (χ1v) is 7.92. The number of anilines is 1. The van der Waals surface area contributed by atoms with Crippen LogP contribution in [0.15, 0.2) is 24.3 Å². The number of halogens is 2. The monoisotopic (exact) mass is 370 g/mol. The Morgan fingerprint density at radius 3 is 2.73 bits per heavy atom. The Hall–Kier alpha value is -2.59. The zero-order chi connectivity index (χ0) is 19.3. The molecule has 142 valence electrons. The summed E-state index contributed by atoms with van der Waals surface area (Å²) in [6.45, 7) is 0.990. The fourth-order valence-electron chi connectivity index (χ4n) is 2.51. The molecule has 0 bridgehead atoms. The molecule has 0 aromatic heterocycles. The van der Waals surface area contributed by atoms with Crippen LogP contribution in [0.4, 0.5) is 14.5 Å². The molecule has 1 saturated heterocycles. The number of hydrazine groups is 1. The van der Waals surface area contributed by atoms with Gasteiger partial charge in [0.05, 0.1) is 18.8 Å². The molecule has 0 radical (unpaired) electrons. The molecule has 26 heavy (non-hydrogen) atoms. The highest BCUT2D eigenvalue weighted by atomic mass is 19.3. The number of hydrogen-bond acceptors (Lipinski definition) is 5. The zero-order valence-electron chi connectivity index (χ0n) is 14.2. The minimum Gasteiger partial charge on any atom is -0.370 e. The van der Waals surface area contributed by atoms with Gasteiger partial charge < -0.3 is 15.8 Å². The number of benzene rings is 1. The van der Waals surface area contributed by atoms with E-state index in [-0.39, 0.29) is 37.6 Å². The van der Waals surface area contributed by atoms with Crippen molar-refractivity contribution in [3.05, 3.63) is 29.8 Å². The molecule has 8 nitrogen and oxygen atoms in total. The lowest BCUT2D eigenvalue weighted by atomic mass is 10.1. The molecule has 1 fully saturated rings. The number of amides is 3. The summed E-state index contributed by atoms with van der Waals surface area (Å²) in [5, 5.41) is 4.49. The van der Waals surface area contributed by atoms with Gasteiger partial charge in [-0.05, 0) is 12.1 Å². The second-order valence-electron chi connectivity index (χ2n) is 5.60. The lowest BCUT2D eigenvalue weighted by Crippen LogP contribution is -2.61. The number of carbonyl (C=O) groups is 3. The number of ether oxygens (including phenoxy) is 1. The zero-order valence-corrected chi connectivity index (χ0v) is 14.2. The Labute approximate surface area is 148 Å². The van der Waals surface area contributed by atoms with E-state index in [0.717, 1.165) is 16.1 Å². The van der Waals surface area contributed by atoms with Crippen molar-refractivity contribution in [2.75, 3.05) is 31.3 Å². The molecule has 1 aromatic carbocycles. The van der Waals surface area contributed by atoms with Crippen molar-refractivity contribution in [2.45, 2.75) is 19.4 Å². The molecule has 3 N–H and O–H groups in total. The standard InChI is InChI=1S/C16H20F2N4O4/c1-10(23)20-13(8-19)16(25)22(21-5-6-26-9-14(21)24)12-4-2-3-11(7-12)15(17)18/h2-4,7,13,15H,5-6,8-9,19H2,1H3,(H,20,23)/t13-/m0/s1. The van der Waals surface area contributed by atoms with E-state index < -0.39 is 30.2 Å². The van der Waals surface area contributed by atoms with Gasteiger partial charge in [-0.15, -0.1) is 0 Å². The SMILES string of the molecule is CC(=O)N[C@@H](CN)C(=O)N(c1cccc(C(F)F)c1)N1CCOCC1=O. The summed E-state index contributed by atoms with van der Waals surface area (Å²) >= 11 is 0. The number of nitrogens with zero attached hydrogens (tertiary/aromatic N) is 2. The number of hydrogen-bond donors (Lipinski definition) is 2. The van der Waals surface area contributed by atoms with Crippen LogP contribution in [-0.2, 0) is 19.1 Å². The highest BCUT2D eigenvalue weighted by molar-refractivity contribution is 6.01. The van der Waals surface area contributed by atoms with Gasteiger partial charge in [0.2, 0.25) is 5.91 Å². The Bertz CT molecular complexity index is 686. The average molecular weight is 370 g/mol. The topological polar surface area (TPSA) is 105 Å². The maximum Gasteiger partial charge on any atom is 0.269 e. The van der Waals surface area contributed by atoms with Crippen molar-refractivity contribution in [1.29, 1.82) is 0 Å². The summed E-state index contributed by atoms with van der Waals surface area (Å²) in [7, 11) is 0. The molecule has 1 aliphatic rings. The van der Waals surface area contributed by atoms with Gasteiger partial charge in [-0.2, -0.15) is 0 Å². The van der Waals surface area contributed by atoms with Crippen LogP contribution < -0.4 is 16.1 Å². The van der Waals surface area contributed by atoms with Crippen LogP contribution >= 0.6 is 0 Å². The second kappa shape index (κ2) is 8.68. The molecule has 1 atom stereocenters. The van der Waals surface area contributed by atoms with Gasteiger partial charge in [0.25, 0.3) is 18.2 Å². The number of carbonyl (C=O) groups excluding carboxylic acids is 3. The van der Waals surface area contributed by atoms with Crippen LogP contribution in [0.2, 0.25) is 0 Å². The number of rotatable bonds is 6. The molecule has 1 aliphatic heterocycles. The Balaban J connectivity index is 2.44. The molecule has 3 amide bonds. The van der Waals surface area contributed by atoms with Crippen molar-refractivity contribution in [1.82, 2.24) is 10.3 Å². The van der Waals surface area contributed by atoms with E-state index in [1.165, 1.54) is 25.1 Å². The van der Waals surface area contributed by atoms with Gasteiger partial charge in [0, 0.05) is 19.0 Å². The smallest absolute Gasteiger partial charge is 0.269 e. The van der Waals surface area contributed by atoms with Crippen LogP contribution in [0.25, 0.3) is 0 Å². The summed E-state index contributed by atoms with van der Waals surface area (Å²) in [5.74, 6) is -1.70. The van der Waals surface area contributed by atoms with Crippen molar-refractivity contribution < 1.29 is 27.9 Å². The first kappa shape index (κ1) is 19.7. The van der Waals surface area contributed by atoms with E-state index in [1.54, 1.807) is 0 Å². The molecular formula is C16H20F2N4O4. The third kappa shape index (κ3) is 4.52. The number of alkyl halides is 2. The highest BCUT2D eigenvalue weighted by Gasteiger charge is 2.34. The molecule has 10 heteroatoms. The molecule has 0 unspecified atom stereocenters. The number of nitrogens with two attached hydrogens (primary N) is 1. The molecule has 1 aromatic rings. The second-order valence-corrected chi connectivity index (χ2v) is 5.60. The summed E-state index contributed by atoms with van der Waals surface area (Å²) in [6, 6.07) is 4.00. The fraction of sp³-hybridized carbons (Fsp3) is 0.438. The lowest BCUT2D eigenvalue weighted by Gasteiger charge is -2.38. The van der Waals surface area contributed by atoms with E-state index in [1.807, 2.05) is 0 Å². The van der Waals surface area contributed by atoms with Gasteiger partial charge in [0.15, 0.2) is 0 Å². The Kier molecular flexibility index (Phi) is 6.58. The van der Waals surface area contributed by atoms with E-state index in [4.69, 9.17) is 10.5 Å². The first-order valence-electron chi connectivity index (χ1n) is 7.92. The van der Waals surface area contributed by atoms with Gasteiger partial charge >= 0.3 is 0 Å². The normalized spacial score (nSPS) is 15.7. The maximum atomic E-state index is 13.0. The Morgan fingerprint density at radius 1 is 1.42 bits per heavy atom. The fourth-order valence-corrected chi connectivity index (χ4v) is 2.51. The predicted molar refractivity (Wildman–Crippen MR) is 88.1 cm³/mol. The highest BCUT2D eigenvalue weighted by Crippen LogP contribution is 2.26. The van der Waals surface area contributed by atoms with E-state index in [9.17, 15) is 23.2 Å². The van der Waals surface area contributed by atoms with Crippen LogP contribution in [0.5, 0.6) is 0 Å².